The molecule has 0 aromatic rings. The molecule has 4 aliphatic rings. The highest BCUT2D eigenvalue weighted by molar-refractivity contribution is 7.85. The van der Waals surface area contributed by atoms with E-state index in [0.29, 0.717) is 35.5 Å². The summed E-state index contributed by atoms with van der Waals surface area (Å²) in [6.07, 6.45) is 9.26. The van der Waals surface area contributed by atoms with Gasteiger partial charge in [0.05, 0.1) is 18.0 Å². The molecule has 0 aliphatic heterocycles. The maximum atomic E-state index is 11.5. The average Bonchev–Trinajstić information content (AvgIpc) is 3.12. The number of aliphatic hydroxyl groups is 2. The first-order valence-corrected chi connectivity index (χ1v) is 15.1. The molecule has 4 saturated carbocycles. The highest BCUT2D eigenvalue weighted by atomic mass is 32.2. The van der Waals surface area contributed by atoms with Crippen LogP contribution in [0.25, 0.3) is 0 Å². The SMILES string of the molecule is C[C@H](CCC(=O)O)[C@H]1CC[C@H]2[C@@H]3CC[C@@H]4C[C@H](O)CC[C@]4(C)[C@H]3C[C@H](O)[C@]12C.NCCS(=O)(=O)O. The molecule has 4 aliphatic carbocycles. The molecular formula is C26H47NO7S. The first kappa shape index (κ1) is 28.8. The summed E-state index contributed by atoms with van der Waals surface area (Å²) in [4.78, 5) is 11.1. The Morgan fingerprint density at radius 2 is 1.74 bits per heavy atom. The number of nitrogens with two attached hydrogens (primary N) is 1. The molecule has 0 radical (unpaired) electrons. The third kappa shape index (κ3) is 5.89. The summed E-state index contributed by atoms with van der Waals surface area (Å²) >= 11 is 0. The van der Waals surface area contributed by atoms with Gasteiger partial charge in [0, 0.05) is 13.0 Å². The van der Waals surface area contributed by atoms with E-state index in [-0.39, 0.29) is 41.8 Å². The summed E-state index contributed by atoms with van der Waals surface area (Å²) in [5.74, 6) is 2.19. The van der Waals surface area contributed by atoms with Crippen LogP contribution >= 0.6 is 0 Å². The number of aliphatic hydroxyl groups excluding tert-OH is 2. The van der Waals surface area contributed by atoms with Gasteiger partial charge >= 0.3 is 5.97 Å². The van der Waals surface area contributed by atoms with Gasteiger partial charge in [-0.2, -0.15) is 8.42 Å². The van der Waals surface area contributed by atoms with Crippen molar-refractivity contribution in [2.24, 2.45) is 52.1 Å². The summed E-state index contributed by atoms with van der Waals surface area (Å²) in [5, 5.41) is 30.8. The van der Waals surface area contributed by atoms with Crippen LogP contribution in [0.1, 0.15) is 85.0 Å². The van der Waals surface area contributed by atoms with Gasteiger partial charge in [-0.15, -0.1) is 0 Å². The Bertz CT molecular complexity index is 851. The lowest BCUT2D eigenvalue weighted by Crippen LogP contribution is -2.58. The predicted molar refractivity (Wildman–Crippen MR) is 134 cm³/mol. The molecule has 0 unspecified atom stereocenters. The van der Waals surface area contributed by atoms with Crippen LogP contribution in [-0.4, -0.2) is 58.8 Å². The Morgan fingerprint density at radius 3 is 2.31 bits per heavy atom. The molecule has 0 bridgehead atoms. The number of carboxylic acids is 1. The van der Waals surface area contributed by atoms with E-state index < -0.39 is 16.1 Å². The van der Waals surface area contributed by atoms with Crippen molar-refractivity contribution in [2.45, 2.75) is 97.2 Å². The molecule has 0 heterocycles. The first-order valence-electron chi connectivity index (χ1n) is 13.5. The molecule has 0 amide bonds. The molecule has 4 fully saturated rings. The van der Waals surface area contributed by atoms with Gasteiger partial charge in [-0.1, -0.05) is 20.8 Å². The molecule has 10 atom stereocenters. The van der Waals surface area contributed by atoms with Crippen LogP contribution in [0.2, 0.25) is 0 Å². The Kier molecular flexibility index (Phi) is 9.01. The van der Waals surface area contributed by atoms with Gasteiger partial charge in [-0.05, 0) is 104 Å². The molecular weight excluding hydrogens is 470 g/mol. The highest BCUT2D eigenvalue weighted by Gasteiger charge is 2.63. The fraction of sp³-hybridized carbons (Fsp3) is 0.962. The number of hydrogen-bond acceptors (Lipinski definition) is 6. The second-order valence-corrected chi connectivity index (χ2v) is 13.9. The maximum absolute atomic E-state index is 11.5. The van der Waals surface area contributed by atoms with Crippen LogP contribution in [0.4, 0.5) is 0 Å². The number of carboxylic acid groups (broad SMARTS) is 1. The zero-order valence-corrected chi connectivity index (χ0v) is 22.4. The lowest BCUT2D eigenvalue weighted by atomic mass is 9.43. The number of carbonyl (C=O) groups is 1. The van der Waals surface area contributed by atoms with Crippen LogP contribution in [0, 0.1) is 46.3 Å². The minimum absolute atomic E-state index is 0.0289. The summed E-state index contributed by atoms with van der Waals surface area (Å²) in [6, 6.07) is 0. The third-order valence-electron chi connectivity index (χ3n) is 10.7. The molecule has 204 valence electrons. The van der Waals surface area contributed by atoms with Gasteiger partial charge in [0.2, 0.25) is 0 Å². The Labute approximate surface area is 210 Å². The quantitative estimate of drug-likeness (QED) is 0.336. The fourth-order valence-electron chi connectivity index (χ4n) is 8.86. The van der Waals surface area contributed by atoms with Crippen molar-refractivity contribution in [2.75, 3.05) is 12.3 Å². The summed E-state index contributed by atoms with van der Waals surface area (Å²) in [6.45, 7) is 6.96. The van der Waals surface area contributed by atoms with Crippen LogP contribution < -0.4 is 5.73 Å². The van der Waals surface area contributed by atoms with Gasteiger partial charge in [-0.3, -0.25) is 9.35 Å². The van der Waals surface area contributed by atoms with Crippen LogP contribution in [0.3, 0.4) is 0 Å². The van der Waals surface area contributed by atoms with Gasteiger partial charge in [-0.25, -0.2) is 0 Å². The number of rotatable bonds is 6. The zero-order chi connectivity index (χ0) is 26.2. The lowest BCUT2D eigenvalue weighted by Gasteiger charge is -2.62. The Balaban J connectivity index is 0.000000429. The average molecular weight is 518 g/mol. The second-order valence-electron chi connectivity index (χ2n) is 12.4. The van der Waals surface area contributed by atoms with Crippen LogP contribution in [-0.2, 0) is 14.9 Å². The van der Waals surface area contributed by atoms with E-state index in [2.05, 4.69) is 20.8 Å². The van der Waals surface area contributed by atoms with Crippen molar-refractivity contribution >= 4 is 16.1 Å². The maximum Gasteiger partial charge on any atom is 0.303 e. The van der Waals surface area contributed by atoms with E-state index in [0.717, 1.165) is 38.5 Å². The highest BCUT2D eigenvalue weighted by Crippen LogP contribution is 2.68. The normalized spacial score (nSPS) is 43.7. The van der Waals surface area contributed by atoms with E-state index >= 15 is 0 Å². The van der Waals surface area contributed by atoms with E-state index in [9.17, 15) is 23.4 Å². The third-order valence-corrected chi connectivity index (χ3v) is 11.4. The molecule has 6 N–H and O–H groups in total. The standard InChI is InChI=1S/C24H40O4.C2H7NO3S/c1-14(4-9-22(27)28)18-7-8-19-17-6-5-15-12-16(25)10-11-23(15,2)20(17)13-21(26)24(18,19)3;3-1-2-7(4,5)6/h14-21,25-26H,4-13H2,1-3H3,(H,27,28);1-3H2,(H,4,5,6)/t14-,15-,16-,17+,18-,19+,20+,21+,23+,24-;/m1./s1. The number of hydrogen-bond donors (Lipinski definition) is 5. The predicted octanol–water partition coefficient (Wildman–Crippen LogP) is 3.31. The van der Waals surface area contributed by atoms with E-state index in [1.165, 1.54) is 19.3 Å². The number of aliphatic carboxylic acids is 1. The van der Waals surface area contributed by atoms with E-state index in [4.69, 9.17) is 15.4 Å². The molecule has 0 aromatic heterocycles. The number of fused-ring (bicyclic) bond motifs is 5. The first-order chi connectivity index (χ1) is 16.2. The minimum atomic E-state index is -3.80. The van der Waals surface area contributed by atoms with E-state index in [1.807, 2.05) is 0 Å². The molecule has 0 spiro atoms. The largest absolute Gasteiger partial charge is 0.481 e. The molecule has 9 heteroatoms. The molecule has 4 rings (SSSR count). The Morgan fingerprint density at radius 1 is 1.06 bits per heavy atom. The lowest BCUT2D eigenvalue weighted by molar-refractivity contribution is -0.175. The van der Waals surface area contributed by atoms with Gasteiger partial charge in [0.25, 0.3) is 10.1 Å². The monoisotopic (exact) mass is 517 g/mol. The smallest absolute Gasteiger partial charge is 0.303 e. The van der Waals surface area contributed by atoms with Gasteiger partial charge in [0.15, 0.2) is 0 Å². The fourth-order valence-corrected chi connectivity index (χ4v) is 9.16. The van der Waals surface area contributed by atoms with Crippen molar-refractivity contribution in [1.82, 2.24) is 0 Å². The minimum Gasteiger partial charge on any atom is -0.481 e. The summed E-state index contributed by atoms with van der Waals surface area (Å²) in [7, 11) is -3.80. The topological polar surface area (TPSA) is 158 Å². The second kappa shape index (κ2) is 10.9. The van der Waals surface area contributed by atoms with Gasteiger partial charge in [0.1, 0.15) is 0 Å². The van der Waals surface area contributed by atoms with Crippen molar-refractivity contribution in [3.63, 3.8) is 0 Å². The Hall–Kier alpha value is -0.740. The van der Waals surface area contributed by atoms with Crippen molar-refractivity contribution < 1.29 is 33.1 Å². The van der Waals surface area contributed by atoms with Crippen LogP contribution in [0.15, 0.2) is 0 Å². The molecule has 0 saturated heterocycles. The zero-order valence-electron chi connectivity index (χ0n) is 21.6. The molecule has 0 aromatic carbocycles. The van der Waals surface area contributed by atoms with Crippen LogP contribution in [0.5, 0.6) is 0 Å². The van der Waals surface area contributed by atoms with E-state index in [1.54, 1.807) is 0 Å². The molecule has 8 nitrogen and oxygen atoms in total. The summed E-state index contributed by atoms with van der Waals surface area (Å²) in [5.41, 5.74) is 4.99. The molecule has 35 heavy (non-hydrogen) atoms. The van der Waals surface area contributed by atoms with Gasteiger partial charge < -0.3 is 21.1 Å². The summed E-state index contributed by atoms with van der Waals surface area (Å²) < 4.78 is 27.3. The van der Waals surface area contributed by atoms with Crippen molar-refractivity contribution in [3.05, 3.63) is 0 Å². The van der Waals surface area contributed by atoms with Crippen molar-refractivity contribution in [3.8, 4) is 0 Å². The van der Waals surface area contributed by atoms with Crippen molar-refractivity contribution in [1.29, 1.82) is 0 Å².